The number of hydrogen-bond donors (Lipinski definition) is 2. The maximum Gasteiger partial charge on any atom is 0.355 e. The van der Waals surface area contributed by atoms with Gasteiger partial charge in [-0.25, -0.2) is 17.8 Å². The molecular weight excluding hydrogens is 599 g/mol. The number of fused-ring (bicyclic) bond motifs is 1. The Morgan fingerprint density at radius 3 is 2.68 bits per heavy atom. The van der Waals surface area contributed by atoms with E-state index in [9.17, 15) is 21.6 Å². The molecule has 0 atom stereocenters. The molecule has 0 radical (unpaired) electrons. The molecule has 1 aliphatic rings. The van der Waals surface area contributed by atoms with Crippen LogP contribution in [0.15, 0.2) is 61.1 Å². The molecule has 0 spiro atoms. The van der Waals surface area contributed by atoms with Crippen molar-refractivity contribution in [2.45, 2.75) is 31.2 Å². The second-order valence-corrected chi connectivity index (χ2v) is 12.0. The van der Waals surface area contributed by atoms with Crippen LogP contribution in [-0.4, -0.2) is 51.9 Å². The van der Waals surface area contributed by atoms with Gasteiger partial charge in [-0.05, 0) is 42.7 Å². The number of anilines is 2. The lowest BCUT2D eigenvalue weighted by atomic mass is 10.0. The number of hydrogen-bond acceptors (Lipinski definition) is 8. The van der Waals surface area contributed by atoms with Gasteiger partial charge < -0.3 is 15.2 Å². The maximum absolute atomic E-state index is 13.8. The van der Waals surface area contributed by atoms with E-state index >= 15 is 0 Å². The van der Waals surface area contributed by atoms with E-state index in [0.29, 0.717) is 40.9 Å². The largest absolute Gasteiger partial charge is 0.488 e. The van der Waals surface area contributed by atoms with E-state index in [0.717, 1.165) is 24.0 Å². The Balaban J connectivity index is 1.44. The lowest BCUT2D eigenvalue weighted by molar-refractivity contribution is 0.0662. The topological polar surface area (TPSA) is 139 Å². The highest BCUT2D eigenvalue weighted by molar-refractivity contribution is 7.93. The van der Waals surface area contributed by atoms with Crippen molar-refractivity contribution in [1.29, 1.82) is 0 Å². The van der Waals surface area contributed by atoms with Gasteiger partial charge in [0.2, 0.25) is 0 Å². The van der Waals surface area contributed by atoms with Crippen molar-refractivity contribution in [3.63, 3.8) is 0 Å². The molecule has 15 heteroatoms. The van der Waals surface area contributed by atoms with Crippen molar-refractivity contribution in [2.75, 3.05) is 23.7 Å². The molecule has 4 heterocycles. The first-order chi connectivity index (χ1) is 21.1. The summed E-state index contributed by atoms with van der Waals surface area (Å²) in [4.78, 5) is 4.43. The summed E-state index contributed by atoms with van der Waals surface area (Å²) in [6.45, 7) is 1.24. The zero-order valence-corrected chi connectivity index (χ0v) is 24.3. The number of alkyl halides is 2. The van der Waals surface area contributed by atoms with Gasteiger partial charge in [0, 0.05) is 55.4 Å². The maximum atomic E-state index is 13.8. The van der Waals surface area contributed by atoms with Gasteiger partial charge >= 0.3 is 5.76 Å². The van der Waals surface area contributed by atoms with Gasteiger partial charge in [-0.3, -0.25) is 14.1 Å². The monoisotopic (exact) mass is 627 g/mol. The number of nitrogen functional groups attached to an aromatic ring is 1. The number of halogens is 3. The van der Waals surface area contributed by atoms with Crippen LogP contribution in [0.2, 0.25) is 0 Å². The van der Waals surface area contributed by atoms with Gasteiger partial charge in [-0.2, -0.15) is 19.0 Å². The summed E-state index contributed by atoms with van der Waals surface area (Å²) in [7, 11) is -3.21. The lowest BCUT2D eigenvalue weighted by Gasteiger charge is -2.22. The second kappa shape index (κ2) is 11.8. The molecule has 1 aliphatic heterocycles. The Hall–Kier alpha value is -4.63. The molecule has 44 heavy (non-hydrogen) atoms. The lowest BCUT2D eigenvalue weighted by Crippen LogP contribution is -2.20. The summed E-state index contributed by atoms with van der Waals surface area (Å²) < 4.78 is 80.7. The van der Waals surface area contributed by atoms with Crippen LogP contribution in [0.1, 0.15) is 24.4 Å². The highest BCUT2D eigenvalue weighted by atomic mass is 32.2. The van der Waals surface area contributed by atoms with Crippen LogP contribution in [0, 0.1) is 5.82 Å². The van der Waals surface area contributed by atoms with Crippen LogP contribution in [0.25, 0.3) is 33.3 Å². The second-order valence-electron chi connectivity index (χ2n) is 10.3. The molecule has 1 saturated heterocycles. The van der Waals surface area contributed by atoms with E-state index in [1.807, 2.05) is 15.6 Å². The number of aryl methyl sites for hydroxylation is 1. The fourth-order valence-electron chi connectivity index (χ4n) is 5.26. The third-order valence-corrected chi connectivity index (χ3v) is 8.37. The smallest absolute Gasteiger partial charge is 0.355 e. The molecule has 0 saturated carbocycles. The highest BCUT2D eigenvalue weighted by Gasteiger charge is 2.26. The van der Waals surface area contributed by atoms with E-state index in [1.54, 1.807) is 30.2 Å². The standard InChI is InChI=1S/C29H28F3N7O4S/c1-38-27-23(18-13-35-39(15-18)21-7-9-42-10-8-21)14-34-28(33)25(27)26(36-38)22-6-5-20(37-44(40,41)29(31)32)12-24(22)43-16-17-3-2-4-19(30)11-17/h2-6,11-15,21,29,37H,7-10,16H2,1H3,(H2,33,34). The molecule has 1 fully saturated rings. The SMILES string of the molecule is Cn1nc(-c2ccc(NS(=O)(=O)C(F)F)cc2OCc2cccc(F)c2)c2c(N)ncc(-c3cnn(C4CCOCC4)c3)c21. The molecule has 6 rings (SSSR count). The van der Waals surface area contributed by atoms with E-state index in [-0.39, 0.29) is 29.9 Å². The Morgan fingerprint density at radius 1 is 1.14 bits per heavy atom. The van der Waals surface area contributed by atoms with Gasteiger partial charge in [-0.15, -0.1) is 0 Å². The fourth-order valence-corrected chi connectivity index (χ4v) is 5.80. The van der Waals surface area contributed by atoms with Crippen molar-refractivity contribution in [1.82, 2.24) is 24.5 Å². The number of sulfonamides is 1. The molecule has 11 nitrogen and oxygen atoms in total. The molecule has 3 N–H and O–H groups in total. The molecule has 0 bridgehead atoms. The predicted molar refractivity (Wildman–Crippen MR) is 158 cm³/mol. The summed E-state index contributed by atoms with van der Waals surface area (Å²) in [6.07, 6.45) is 7.07. The number of nitrogens with zero attached hydrogens (tertiary/aromatic N) is 5. The fraction of sp³-hybridized carbons (Fsp3) is 0.276. The van der Waals surface area contributed by atoms with Crippen molar-refractivity contribution in [3.05, 3.63) is 72.4 Å². The molecular formula is C29H28F3N7O4S. The molecule has 0 amide bonds. The van der Waals surface area contributed by atoms with E-state index in [2.05, 4.69) is 10.1 Å². The zero-order chi connectivity index (χ0) is 31.0. The number of nitrogens with one attached hydrogen (secondary N) is 1. The number of aromatic nitrogens is 5. The first-order valence-electron chi connectivity index (χ1n) is 13.7. The van der Waals surface area contributed by atoms with Crippen molar-refractivity contribution >= 4 is 32.4 Å². The van der Waals surface area contributed by atoms with Crippen molar-refractivity contribution in [3.8, 4) is 28.1 Å². The highest BCUT2D eigenvalue weighted by Crippen LogP contribution is 2.41. The van der Waals surface area contributed by atoms with Gasteiger partial charge in [0.15, 0.2) is 0 Å². The summed E-state index contributed by atoms with van der Waals surface area (Å²) in [5, 5.41) is 9.80. The van der Waals surface area contributed by atoms with E-state index in [4.69, 9.17) is 20.3 Å². The Morgan fingerprint density at radius 2 is 1.93 bits per heavy atom. The number of nitrogens with two attached hydrogens (primary N) is 1. The quantitative estimate of drug-likeness (QED) is 0.230. The average molecular weight is 628 g/mol. The minimum absolute atomic E-state index is 0.0980. The summed E-state index contributed by atoms with van der Waals surface area (Å²) in [6, 6.07) is 10.0. The summed E-state index contributed by atoms with van der Waals surface area (Å²) in [5.41, 5.74) is 9.69. The first kappa shape index (κ1) is 29.4. The predicted octanol–water partition coefficient (Wildman–Crippen LogP) is 5.11. The number of ether oxygens (including phenoxy) is 2. The van der Waals surface area contributed by atoms with Crippen LogP contribution in [0.4, 0.5) is 24.7 Å². The van der Waals surface area contributed by atoms with E-state index in [1.165, 1.54) is 36.4 Å². The Kier molecular flexibility index (Phi) is 7.90. The van der Waals surface area contributed by atoms with Crippen LogP contribution < -0.4 is 15.2 Å². The van der Waals surface area contributed by atoms with Crippen LogP contribution in [0.3, 0.4) is 0 Å². The molecule has 3 aromatic heterocycles. The zero-order valence-electron chi connectivity index (χ0n) is 23.5. The van der Waals surface area contributed by atoms with Crippen LogP contribution in [-0.2, 0) is 28.4 Å². The van der Waals surface area contributed by atoms with Crippen LogP contribution in [0.5, 0.6) is 5.75 Å². The van der Waals surface area contributed by atoms with Gasteiger partial charge in [0.1, 0.15) is 29.7 Å². The number of rotatable bonds is 9. The van der Waals surface area contributed by atoms with Gasteiger partial charge in [0.25, 0.3) is 10.0 Å². The molecule has 5 aromatic rings. The van der Waals surface area contributed by atoms with Gasteiger partial charge in [0.05, 0.1) is 28.8 Å². The molecule has 0 unspecified atom stereocenters. The Bertz CT molecular complexity index is 1940. The van der Waals surface area contributed by atoms with E-state index < -0.39 is 21.6 Å². The third-order valence-electron chi connectivity index (χ3n) is 7.38. The summed E-state index contributed by atoms with van der Waals surface area (Å²) >= 11 is 0. The van der Waals surface area contributed by atoms with Crippen LogP contribution >= 0.6 is 0 Å². The van der Waals surface area contributed by atoms with Gasteiger partial charge in [-0.1, -0.05) is 12.1 Å². The molecule has 230 valence electrons. The first-order valence-corrected chi connectivity index (χ1v) is 15.2. The molecule has 0 aliphatic carbocycles. The number of benzene rings is 2. The van der Waals surface area contributed by atoms with Crippen molar-refractivity contribution < 1.29 is 31.1 Å². The minimum atomic E-state index is -4.95. The summed E-state index contributed by atoms with van der Waals surface area (Å²) in [5.74, 6) is -3.83. The van der Waals surface area contributed by atoms with Crippen molar-refractivity contribution in [2.24, 2.45) is 7.05 Å². The normalized spacial score (nSPS) is 14.4. The Labute approximate surface area is 250 Å². The average Bonchev–Trinajstić information content (AvgIpc) is 3.63. The number of pyridine rings is 1. The molecule has 2 aromatic carbocycles. The third kappa shape index (κ3) is 5.79. The minimum Gasteiger partial charge on any atom is -0.488 e.